The van der Waals surface area contributed by atoms with Crippen LogP contribution >= 0.6 is 0 Å². The minimum Gasteiger partial charge on any atom is -0.476 e. The Morgan fingerprint density at radius 2 is 2.11 bits per heavy atom. The van der Waals surface area contributed by atoms with Gasteiger partial charge >= 0.3 is 5.97 Å². The second kappa shape index (κ2) is 5.86. The van der Waals surface area contributed by atoms with Crippen LogP contribution in [0.4, 0.5) is 0 Å². The van der Waals surface area contributed by atoms with Crippen LogP contribution in [0.5, 0.6) is 0 Å². The number of aryl methyl sites for hydroxylation is 1. The van der Waals surface area contributed by atoms with Crippen molar-refractivity contribution < 1.29 is 14.7 Å². The Labute approximate surface area is 112 Å². The molecule has 1 fully saturated rings. The third-order valence-corrected chi connectivity index (χ3v) is 3.55. The predicted octanol–water partition coefficient (Wildman–Crippen LogP) is 1.23. The second-order valence-corrected chi connectivity index (χ2v) is 5.08. The lowest BCUT2D eigenvalue weighted by atomic mass is 9.99. The lowest BCUT2D eigenvalue weighted by Crippen LogP contribution is -2.38. The molecule has 2 heterocycles. The summed E-state index contributed by atoms with van der Waals surface area (Å²) >= 11 is 0. The summed E-state index contributed by atoms with van der Waals surface area (Å²) in [6, 6.07) is 1.44. The van der Waals surface area contributed by atoms with E-state index in [4.69, 9.17) is 5.11 Å². The summed E-state index contributed by atoms with van der Waals surface area (Å²) in [5, 5.41) is 12.6. The molecule has 6 nitrogen and oxygen atoms in total. The third-order valence-electron chi connectivity index (χ3n) is 3.55. The standard InChI is InChI=1S/C13H19N3O3/c1-10-2-6-15(7-3-10)12(17)5-9-16-8-4-11(14-16)13(18)19/h4,8,10H,2-3,5-7,9H2,1H3,(H,18,19). The Bertz CT molecular complexity index is 461. The SMILES string of the molecule is CC1CCN(C(=O)CCn2ccc(C(=O)O)n2)CC1. The van der Waals surface area contributed by atoms with Crippen LogP contribution in [0.2, 0.25) is 0 Å². The Balaban J connectivity index is 1.81. The molecule has 0 bridgehead atoms. The molecule has 1 saturated heterocycles. The van der Waals surface area contributed by atoms with Crippen LogP contribution in [0.3, 0.4) is 0 Å². The van der Waals surface area contributed by atoms with Gasteiger partial charge in [0.1, 0.15) is 0 Å². The first kappa shape index (κ1) is 13.6. The first-order valence-corrected chi connectivity index (χ1v) is 6.61. The quantitative estimate of drug-likeness (QED) is 0.888. The zero-order chi connectivity index (χ0) is 13.8. The molecule has 19 heavy (non-hydrogen) atoms. The number of amides is 1. The average Bonchev–Trinajstić information content (AvgIpc) is 2.86. The summed E-state index contributed by atoms with van der Waals surface area (Å²) in [4.78, 5) is 24.6. The van der Waals surface area contributed by atoms with Crippen molar-refractivity contribution in [3.05, 3.63) is 18.0 Å². The summed E-state index contributed by atoms with van der Waals surface area (Å²) in [5.41, 5.74) is 0.0132. The molecule has 0 aliphatic carbocycles. The number of aromatic carboxylic acids is 1. The van der Waals surface area contributed by atoms with E-state index >= 15 is 0 Å². The number of nitrogens with zero attached hydrogens (tertiary/aromatic N) is 3. The summed E-state index contributed by atoms with van der Waals surface area (Å²) < 4.78 is 1.51. The van der Waals surface area contributed by atoms with E-state index in [1.165, 1.54) is 10.7 Å². The van der Waals surface area contributed by atoms with Crippen molar-refractivity contribution in [3.8, 4) is 0 Å². The summed E-state index contributed by atoms with van der Waals surface area (Å²) in [6.45, 7) is 4.30. The Kier molecular flexibility index (Phi) is 4.19. The van der Waals surface area contributed by atoms with Gasteiger partial charge in [0.05, 0.1) is 0 Å². The van der Waals surface area contributed by atoms with Crippen LogP contribution in [0, 0.1) is 5.92 Å². The molecule has 0 atom stereocenters. The van der Waals surface area contributed by atoms with Crippen molar-refractivity contribution in [1.29, 1.82) is 0 Å². The molecule has 1 N–H and O–H groups in total. The smallest absolute Gasteiger partial charge is 0.356 e. The monoisotopic (exact) mass is 265 g/mol. The number of aromatic nitrogens is 2. The molecule has 1 aliphatic rings. The van der Waals surface area contributed by atoms with E-state index in [1.54, 1.807) is 6.20 Å². The van der Waals surface area contributed by atoms with Crippen LogP contribution in [-0.4, -0.2) is 44.8 Å². The van der Waals surface area contributed by atoms with Gasteiger partial charge in [-0.15, -0.1) is 0 Å². The third kappa shape index (κ3) is 3.56. The second-order valence-electron chi connectivity index (χ2n) is 5.08. The van der Waals surface area contributed by atoms with Crippen molar-refractivity contribution in [2.24, 2.45) is 5.92 Å². The molecule has 0 unspecified atom stereocenters. The van der Waals surface area contributed by atoms with Gasteiger partial charge in [-0.05, 0) is 24.8 Å². The highest BCUT2D eigenvalue weighted by Gasteiger charge is 2.20. The van der Waals surface area contributed by atoms with Gasteiger partial charge < -0.3 is 10.0 Å². The maximum Gasteiger partial charge on any atom is 0.356 e. The topological polar surface area (TPSA) is 75.4 Å². The van der Waals surface area contributed by atoms with Gasteiger partial charge in [-0.25, -0.2) is 4.79 Å². The first-order valence-electron chi connectivity index (χ1n) is 6.61. The molecular weight excluding hydrogens is 246 g/mol. The van der Waals surface area contributed by atoms with Crippen LogP contribution in [0.15, 0.2) is 12.3 Å². The van der Waals surface area contributed by atoms with E-state index in [-0.39, 0.29) is 11.6 Å². The highest BCUT2D eigenvalue weighted by molar-refractivity contribution is 5.85. The summed E-state index contributed by atoms with van der Waals surface area (Å²) in [7, 11) is 0. The number of carbonyl (C=O) groups is 2. The molecule has 1 aromatic rings. The van der Waals surface area contributed by atoms with Gasteiger partial charge in [0.15, 0.2) is 5.69 Å². The number of rotatable bonds is 4. The minimum atomic E-state index is -1.05. The van der Waals surface area contributed by atoms with Crippen molar-refractivity contribution >= 4 is 11.9 Å². The van der Waals surface area contributed by atoms with E-state index in [2.05, 4.69) is 12.0 Å². The van der Waals surface area contributed by atoms with Gasteiger partial charge in [-0.1, -0.05) is 6.92 Å². The van der Waals surface area contributed by atoms with E-state index in [1.807, 2.05) is 4.90 Å². The summed E-state index contributed by atoms with van der Waals surface area (Å²) in [6.07, 6.45) is 4.09. The molecule has 1 aliphatic heterocycles. The number of hydrogen-bond acceptors (Lipinski definition) is 3. The highest BCUT2D eigenvalue weighted by atomic mass is 16.4. The largest absolute Gasteiger partial charge is 0.476 e. The number of carboxylic acid groups (broad SMARTS) is 1. The normalized spacial score (nSPS) is 16.6. The first-order chi connectivity index (χ1) is 9.06. The fourth-order valence-electron chi connectivity index (χ4n) is 2.23. The predicted molar refractivity (Wildman–Crippen MR) is 68.8 cm³/mol. The molecule has 1 amide bonds. The van der Waals surface area contributed by atoms with Crippen molar-refractivity contribution in [2.45, 2.75) is 32.7 Å². The summed E-state index contributed by atoms with van der Waals surface area (Å²) in [5.74, 6) is -0.220. The van der Waals surface area contributed by atoms with Gasteiger partial charge in [0, 0.05) is 32.3 Å². The molecule has 1 aromatic heterocycles. The highest BCUT2D eigenvalue weighted by Crippen LogP contribution is 2.16. The van der Waals surface area contributed by atoms with Gasteiger partial charge in [0.25, 0.3) is 0 Å². The molecule has 0 aromatic carbocycles. The van der Waals surface area contributed by atoms with Crippen molar-refractivity contribution in [3.63, 3.8) is 0 Å². The Hall–Kier alpha value is -1.85. The van der Waals surface area contributed by atoms with Crippen LogP contribution < -0.4 is 0 Å². The van der Waals surface area contributed by atoms with Crippen molar-refractivity contribution in [2.75, 3.05) is 13.1 Å². The van der Waals surface area contributed by atoms with Gasteiger partial charge in [0.2, 0.25) is 5.91 Å². The maximum absolute atomic E-state index is 12.0. The van der Waals surface area contributed by atoms with Gasteiger partial charge in [-0.3, -0.25) is 9.48 Å². The van der Waals surface area contributed by atoms with E-state index < -0.39 is 5.97 Å². The molecule has 0 spiro atoms. The number of carbonyl (C=O) groups excluding carboxylic acids is 1. The fourth-order valence-corrected chi connectivity index (χ4v) is 2.23. The lowest BCUT2D eigenvalue weighted by Gasteiger charge is -2.30. The average molecular weight is 265 g/mol. The lowest BCUT2D eigenvalue weighted by molar-refractivity contribution is -0.132. The Morgan fingerprint density at radius 1 is 1.42 bits per heavy atom. The minimum absolute atomic E-state index is 0.0132. The number of likely N-dealkylation sites (tertiary alicyclic amines) is 1. The van der Waals surface area contributed by atoms with Crippen LogP contribution in [-0.2, 0) is 11.3 Å². The zero-order valence-corrected chi connectivity index (χ0v) is 11.1. The molecule has 0 radical (unpaired) electrons. The zero-order valence-electron chi connectivity index (χ0n) is 11.1. The molecule has 2 rings (SSSR count). The van der Waals surface area contributed by atoms with E-state index in [0.29, 0.717) is 18.9 Å². The molecule has 104 valence electrons. The number of hydrogen-bond donors (Lipinski definition) is 1. The van der Waals surface area contributed by atoms with Crippen LogP contribution in [0.25, 0.3) is 0 Å². The van der Waals surface area contributed by atoms with Gasteiger partial charge in [-0.2, -0.15) is 5.10 Å². The molecule has 0 saturated carbocycles. The van der Waals surface area contributed by atoms with E-state index in [9.17, 15) is 9.59 Å². The van der Waals surface area contributed by atoms with E-state index in [0.717, 1.165) is 25.9 Å². The molecular formula is C13H19N3O3. The Morgan fingerprint density at radius 3 is 2.68 bits per heavy atom. The fraction of sp³-hybridized carbons (Fsp3) is 0.615. The number of carboxylic acids is 1. The maximum atomic E-state index is 12.0. The van der Waals surface area contributed by atoms with Crippen LogP contribution in [0.1, 0.15) is 36.7 Å². The van der Waals surface area contributed by atoms with Crippen molar-refractivity contribution in [1.82, 2.24) is 14.7 Å². The number of piperidine rings is 1. The molecule has 6 heteroatoms.